The van der Waals surface area contributed by atoms with E-state index in [-0.39, 0.29) is 30.9 Å². The lowest BCUT2D eigenvalue weighted by Gasteiger charge is -2.41. The number of rotatable bonds is 12. The first-order valence-corrected chi connectivity index (χ1v) is 18.7. The van der Waals surface area contributed by atoms with Crippen molar-refractivity contribution in [2.75, 3.05) is 26.4 Å². The number of aromatic nitrogens is 2. The summed E-state index contributed by atoms with van der Waals surface area (Å²) < 4.78 is 87.0. The van der Waals surface area contributed by atoms with Crippen molar-refractivity contribution in [3.63, 3.8) is 0 Å². The van der Waals surface area contributed by atoms with E-state index in [0.29, 0.717) is 45.3 Å². The molecule has 0 radical (unpaired) electrons. The average Bonchev–Trinajstić information content (AvgIpc) is 3.43. The summed E-state index contributed by atoms with van der Waals surface area (Å²) >= 11 is 0. The number of amides is 1. The van der Waals surface area contributed by atoms with Gasteiger partial charge >= 0.3 is 6.09 Å². The molecule has 1 aliphatic heterocycles. The van der Waals surface area contributed by atoms with Crippen LogP contribution >= 0.6 is 0 Å². The van der Waals surface area contributed by atoms with Crippen molar-refractivity contribution in [2.45, 2.75) is 101 Å². The van der Waals surface area contributed by atoms with E-state index in [1.807, 2.05) is 6.07 Å². The van der Waals surface area contributed by atoms with Gasteiger partial charge in [-0.25, -0.2) is 31.4 Å². The van der Waals surface area contributed by atoms with Gasteiger partial charge in [-0.1, -0.05) is 19.6 Å². The first-order chi connectivity index (χ1) is 20.4. The molecule has 1 aromatic carbocycles. The van der Waals surface area contributed by atoms with Crippen molar-refractivity contribution in [2.24, 2.45) is 0 Å². The molecule has 1 amide bonds. The number of piperidine rings is 1. The molecule has 2 fully saturated rings. The Hall–Kier alpha value is -2.51. The highest BCUT2D eigenvalue weighted by molar-refractivity contribution is 6.76. The van der Waals surface area contributed by atoms with E-state index >= 15 is 0 Å². The zero-order chi connectivity index (χ0) is 31.1. The van der Waals surface area contributed by atoms with E-state index in [1.54, 1.807) is 10.9 Å². The van der Waals surface area contributed by atoms with Gasteiger partial charge in [-0.15, -0.1) is 0 Å². The van der Waals surface area contributed by atoms with Crippen LogP contribution in [0.1, 0.15) is 61.6 Å². The lowest BCUT2D eigenvalue weighted by molar-refractivity contribution is -0.0335. The fourth-order valence-electron chi connectivity index (χ4n) is 6.02. The molecule has 1 saturated carbocycles. The van der Waals surface area contributed by atoms with Gasteiger partial charge in [-0.2, -0.15) is 5.10 Å². The average molecular weight is 632 g/mol. The Bertz CT molecular complexity index is 1200. The molecule has 1 aromatic heterocycles. The summed E-state index contributed by atoms with van der Waals surface area (Å²) in [5.74, 6) is -3.64. The number of carbonyl (C=O) groups is 1. The molecule has 2 heterocycles. The molecule has 4 rings (SSSR count). The van der Waals surface area contributed by atoms with Crippen LogP contribution in [0.2, 0.25) is 25.7 Å². The van der Waals surface area contributed by atoms with E-state index in [0.717, 1.165) is 30.3 Å². The Morgan fingerprint density at radius 1 is 1.05 bits per heavy atom. The Balaban J connectivity index is 1.44. The maximum atomic E-state index is 14.4. The van der Waals surface area contributed by atoms with Crippen LogP contribution in [0.25, 0.3) is 0 Å². The predicted molar refractivity (Wildman–Crippen MR) is 153 cm³/mol. The van der Waals surface area contributed by atoms with Crippen molar-refractivity contribution >= 4 is 14.2 Å². The molecule has 0 N–H and O–H groups in total. The van der Waals surface area contributed by atoms with E-state index in [1.165, 1.54) is 4.90 Å². The van der Waals surface area contributed by atoms with Gasteiger partial charge in [0, 0.05) is 44.6 Å². The molecule has 2 aliphatic rings. The smallest absolute Gasteiger partial charge is 0.410 e. The second-order valence-electron chi connectivity index (χ2n) is 12.6. The molecule has 7 nitrogen and oxygen atoms in total. The number of halogens is 5. The normalized spacial score (nSPS) is 23.1. The fourth-order valence-corrected chi connectivity index (χ4v) is 6.77. The molecule has 2 aromatic rings. The van der Waals surface area contributed by atoms with Crippen LogP contribution in [0, 0.1) is 17.5 Å². The van der Waals surface area contributed by atoms with Crippen LogP contribution in [0.15, 0.2) is 24.4 Å². The number of ether oxygens (including phenoxy) is 3. The Morgan fingerprint density at radius 3 is 2.47 bits per heavy atom. The van der Waals surface area contributed by atoms with Crippen LogP contribution in [-0.2, 0) is 20.9 Å². The minimum absolute atomic E-state index is 0.119. The van der Waals surface area contributed by atoms with Crippen molar-refractivity contribution in [1.29, 1.82) is 0 Å². The summed E-state index contributed by atoms with van der Waals surface area (Å²) in [6.07, 6.45) is 1.01. The lowest BCUT2D eigenvalue weighted by Crippen LogP contribution is -2.51. The Labute approximate surface area is 250 Å². The summed E-state index contributed by atoms with van der Waals surface area (Å²) in [6, 6.07) is 4.11. The first kappa shape index (κ1) is 33.4. The minimum atomic E-state index is -2.78. The monoisotopic (exact) mass is 631 g/mol. The number of likely N-dealkylation sites (tertiary alicyclic amines) is 1. The number of benzene rings is 1. The van der Waals surface area contributed by atoms with Crippen molar-refractivity contribution in [1.82, 2.24) is 14.7 Å². The number of hydrogen-bond donors (Lipinski definition) is 0. The summed E-state index contributed by atoms with van der Waals surface area (Å²) in [6.45, 7) is 7.14. The van der Waals surface area contributed by atoms with Crippen molar-refractivity contribution in [3.05, 3.63) is 53.1 Å². The molecule has 1 aliphatic carbocycles. The third-order valence-electron chi connectivity index (χ3n) is 8.35. The van der Waals surface area contributed by atoms with Gasteiger partial charge in [0.15, 0.2) is 18.2 Å². The van der Waals surface area contributed by atoms with Crippen molar-refractivity contribution < 1.29 is 41.0 Å². The molecule has 43 heavy (non-hydrogen) atoms. The highest BCUT2D eigenvalue weighted by Crippen LogP contribution is 2.38. The van der Waals surface area contributed by atoms with Gasteiger partial charge in [0.25, 0.3) is 6.43 Å². The van der Waals surface area contributed by atoms with Crippen LogP contribution in [0.3, 0.4) is 0 Å². The molecule has 0 spiro atoms. The van der Waals surface area contributed by atoms with Gasteiger partial charge in [-0.05, 0) is 68.7 Å². The molecule has 1 saturated heterocycles. The highest BCUT2D eigenvalue weighted by Gasteiger charge is 2.39. The van der Waals surface area contributed by atoms with E-state index in [2.05, 4.69) is 24.7 Å². The van der Waals surface area contributed by atoms with Crippen molar-refractivity contribution in [3.8, 4) is 0 Å². The fraction of sp³-hybridized carbons (Fsp3) is 0.667. The zero-order valence-electron chi connectivity index (χ0n) is 25.0. The van der Waals surface area contributed by atoms with Gasteiger partial charge < -0.3 is 19.1 Å². The molecular weight excluding hydrogens is 589 g/mol. The number of nitrogens with zero attached hydrogens (tertiary/aromatic N) is 3. The summed E-state index contributed by atoms with van der Waals surface area (Å²) in [5.41, 5.74) is 0.632. The second kappa shape index (κ2) is 15.0. The summed E-state index contributed by atoms with van der Waals surface area (Å²) in [4.78, 5) is 14.4. The minimum Gasteiger partial charge on any atom is -0.443 e. The molecular formula is C30H42F5N3O4Si. The van der Waals surface area contributed by atoms with Gasteiger partial charge in [-0.3, -0.25) is 0 Å². The van der Waals surface area contributed by atoms with Crippen LogP contribution in [-0.4, -0.2) is 73.8 Å². The molecule has 0 bridgehead atoms. The lowest BCUT2D eigenvalue weighted by atomic mass is 9.82. The third-order valence-corrected chi connectivity index (χ3v) is 10.1. The van der Waals surface area contributed by atoms with Crippen LogP contribution in [0.4, 0.5) is 26.7 Å². The van der Waals surface area contributed by atoms with Gasteiger partial charge in [0.1, 0.15) is 12.5 Å². The maximum absolute atomic E-state index is 14.4. The Morgan fingerprint density at radius 2 is 1.77 bits per heavy atom. The van der Waals surface area contributed by atoms with E-state index in [9.17, 15) is 26.7 Å². The highest BCUT2D eigenvalue weighted by atomic mass is 28.3. The maximum Gasteiger partial charge on any atom is 0.410 e. The number of hydrogen-bond acceptors (Lipinski definition) is 5. The topological polar surface area (TPSA) is 65.8 Å². The predicted octanol–water partition coefficient (Wildman–Crippen LogP) is 7.31. The first-order valence-electron chi connectivity index (χ1n) is 15.0. The zero-order valence-corrected chi connectivity index (χ0v) is 26.0. The molecule has 240 valence electrons. The SMILES string of the molecule is C[Si](C)(C)CCOCn1nccc1C1CCCN(C(=O)OCC(F)F)C1CO[C@H]1CC[C@@H](c2c(F)ccc(F)c2F)CC1. The van der Waals surface area contributed by atoms with Crippen LogP contribution < -0.4 is 0 Å². The summed E-state index contributed by atoms with van der Waals surface area (Å²) in [7, 11) is -1.27. The Kier molecular flexibility index (Phi) is 11.6. The summed E-state index contributed by atoms with van der Waals surface area (Å²) in [5, 5.41) is 4.44. The van der Waals surface area contributed by atoms with E-state index in [4.69, 9.17) is 14.2 Å². The van der Waals surface area contributed by atoms with Crippen LogP contribution in [0.5, 0.6) is 0 Å². The standard InChI is InChI=1S/C30H42F5N3O4Si/c1-43(2,3)16-15-40-19-38-25(12-13-36-38)22-5-4-14-37(30(39)42-18-27(33)34)26(22)17-41-21-8-6-20(7-9-21)28-23(31)10-11-24(32)29(28)35/h10-13,20-22,26-27H,4-9,14-19H2,1-3H3/t20-,21+,22?,26?. The second-order valence-corrected chi connectivity index (χ2v) is 18.3. The number of carbonyl (C=O) groups excluding carboxylic acids is 1. The molecule has 2 atom stereocenters. The van der Waals surface area contributed by atoms with E-state index < -0.39 is 56.6 Å². The van der Waals surface area contributed by atoms with Gasteiger partial charge in [0.2, 0.25) is 0 Å². The largest absolute Gasteiger partial charge is 0.443 e. The van der Waals surface area contributed by atoms with Gasteiger partial charge in [0.05, 0.1) is 18.8 Å². The number of alkyl halides is 2. The molecule has 2 unspecified atom stereocenters. The molecule has 13 heteroatoms. The third kappa shape index (κ3) is 9.01. The quantitative estimate of drug-likeness (QED) is 0.106.